The Balaban J connectivity index is 1.85. The van der Waals surface area contributed by atoms with Crippen LogP contribution in [0.5, 0.6) is 0 Å². The van der Waals surface area contributed by atoms with E-state index in [4.69, 9.17) is 0 Å². The Labute approximate surface area is 188 Å². The number of aryl methyl sites for hydroxylation is 2. The van der Waals surface area contributed by atoms with Crippen molar-refractivity contribution in [3.05, 3.63) is 95.6 Å². The van der Waals surface area contributed by atoms with Crippen molar-refractivity contribution in [2.45, 2.75) is 25.9 Å². The van der Waals surface area contributed by atoms with Crippen LogP contribution in [-0.2, 0) is 46.2 Å². The number of benzene rings is 1. The van der Waals surface area contributed by atoms with E-state index in [0.29, 0.717) is 13.1 Å². The van der Waals surface area contributed by atoms with Gasteiger partial charge in [0.1, 0.15) is 0 Å². The van der Waals surface area contributed by atoms with Gasteiger partial charge in [-0.05, 0) is 0 Å². The average Bonchev–Trinajstić information content (AvgIpc) is 2.73. The minimum Gasteiger partial charge on any atom is -0.748 e. The molecule has 0 aliphatic heterocycles. The van der Waals surface area contributed by atoms with Gasteiger partial charge in [-0.1, -0.05) is 36.4 Å². The van der Waals surface area contributed by atoms with E-state index in [1.54, 1.807) is 24.3 Å². The highest BCUT2D eigenvalue weighted by Gasteiger charge is 2.17. The Hall–Kier alpha value is -2.66. The van der Waals surface area contributed by atoms with Gasteiger partial charge in [-0.2, -0.15) is 9.13 Å². The SMILES string of the molecule is O=S(=O)([O-])CCc1cccc[n+]1Cc1ccccc1C[n+]1ccccc1CCS(=O)(=O)[O-]. The van der Waals surface area contributed by atoms with Crippen molar-refractivity contribution >= 4 is 20.2 Å². The number of aromatic nitrogens is 2. The van der Waals surface area contributed by atoms with E-state index in [2.05, 4.69) is 0 Å². The van der Waals surface area contributed by atoms with Crippen LogP contribution in [0.4, 0.5) is 0 Å². The molecule has 3 rings (SSSR count). The molecule has 2 heterocycles. The largest absolute Gasteiger partial charge is 0.748 e. The maximum absolute atomic E-state index is 11.1. The average molecular weight is 477 g/mol. The van der Waals surface area contributed by atoms with E-state index in [1.807, 2.05) is 57.9 Å². The first-order chi connectivity index (χ1) is 15.1. The quantitative estimate of drug-likeness (QED) is 0.311. The number of hydrogen-bond acceptors (Lipinski definition) is 6. The number of nitrogens with zero attached hydrogens (tertiary/aromatic N) is 2. The van der Waals surface area contributed by atoms with Crippen LogP contribution in [0, 0.1) is 0 Å². The molecule has 0 amide bonds. The van der Waals surface area contributed by atoms with E-state index in [9.17, 15) is 25.9 Å². The molecule has 0 aliphatic rings. The normalized spacial score (nSPS) is 12.1. The Morgan fingerprint density at radius 2 is 0.969 bits per heavy atom. The molecule has 0 unspecified atom stereocenters. The van der Waals surface area contributed by atoms with Gasteiger partial charge in [0, 0.05) is 59.7 Å². The molecule has 32 heavy (non-hydrogen) atoms. The number of rotatable bonds is 10. The van der Waals surface area contributed by atoms with Crippen molar-refractivity contribution < 1.29 is 35.1 Å². The number of hydrogen-bond donors (Lipinski definition) is 0. The third-order valence-electron chi connectivity index (χ3n) is 5.09. The lowest BCUT2D eigenvalue weighted by molar-refractivity contribution is -0.700. The van der Waals surface area contributed by atoms with Gasteiger partial charge in [0.05, 0.1) is 20.2 Å². The maximum atomic E-state index is 11.1. The molecular weight excluding hydrogens is 452 g/mol. The van der Waals surface area contributed by atoms with Crippen LogP contribution < -0.4 is 9.13 Å². The lowest BCUT2D eigenvalue weighted by Gasteiger charge is -2.10. The van der Waals surface area contributed by atoms with Crippen molar-refractivity contribution in [3.8, 4) is 0 Å². The molecule has 10 heteroatoms. The Kier molecular flexibility index (Phi) is 7.73. The van der Waals surface area contributed by atoms with Gasteiger partial charge >= 0.3 is 0 Å². The second kappa shape index (κ2) is 10.3. The standard InChI is InChI=1S/C22H24N2O6S2/c25-31(26,27)15-11-21-9-3-5-13-23(21)17-19-7-1-2-8-20(19)18-24-14-6-4-10-22(24)12-16-32(28,29)30/h1-10,13-14H,11-12,15-18H2. The summed E-state index contributed by atoms with van der Waals surface area (Å²) in [6.07, 6.45) is 3.92. The highest BCUT2D eigenvalue weighted by atomic mass is 32.2. The highest BCUT2D eigenvalue weighted by Crippen LogP contribution is 2.10. The molecule has 170 valence electrons. The summed E-state index contributed by atoms with van der Waals surface area (Å²) >= 11 is 0. The summed E-state index contributed by atoms with van der Waals surface area (Å²) in [7, 11) is -8.63. The van der Waals surface area contributed by atoms with Gasteiger partial charge in [-0.3, -0.25) is 0 Å². The molecule has 0 radical (unpaired) electrons. The molecule has 8 nitrogen and oxygen atoms in total. The third kappa shape index (κ3) is 7.49. The van der Waals surface area contributed by atoms with Crippen molar-refractivity contribution in [1.82, 2.24) is 0 Å². The summed E-state index contributed by atoms with van der Waals surface area (Å²) in [5, 5.41) is 0. The Morgan fingerprint density at radius 1 is 0.594 bits per heavy atom. The van der Waals surface area contributed by atoms with Crippen LogP contribution in [0.2, 0.25) is 0 Å². The Morgan fingerprint density at radius 3 is 1.34 bits per heavy atom. The van der Waals surface area contributed by atoms with Gasteiger partial charge in [-0.15, -0.1) is 0 Å². The van der Waals surface area contributed by atoms with Gasteiger partial charge in [0.2, 0.25) is 0 Å². The molecule has 0 fully saturated rings. The van der Waals surface area contributed by atoms with Crippen LogP contribution in [0.1, 0.15) is 22.5 Å². The first-order valence-corrected chi connectivity index (χ1v) is 13.1. The monoisotopic (exact) mass is 476 g/mol. The lowest BCUT2D eigenvalue weighted by Crippen LogP contribution is -2.42. The lowest BCUT2D eigenvalue weighted by atomic mass is 10.1. The van der Waals surface area contributed by atoms with Crippen LogP contribution in [-0.4, -0.2) is 37.4 Å². The van der Waals surface area contributed by atoms with Crippen molar-refractivity contribution in [1.29, 1.82) is 0 Å². The van der Waals surface area contributed by atoms with E-state index in [-0.39, 0.29) is 12.8 Å². The van der Waals surface area contributed by atoms with E-state index >= 15 is 0 Å². The minimum atomic E-state index is -4.31. The summed E-state index contributed by atoms with van der Waals surface area (Å²) < 4.78 is 70.1. The molecule has 1 aromatic carbocycles. The van der Waals surface area contributed by atoms with Gasteiger partial charge in [0.15, 0.2) is 36.9 Å². The molecule has 0 spiro atoms. The van der Waals surface area contributed by atoms with Crippen molar-refractivity contribution in [2.24, 2.45) is 0 Å². The summed E-state index contributed by atoms with van der Waals surface area (Å²) in [4.78, 5) is 0. The summed E-state index contributed by atoms with van der Waals surface area (Å²) in [5.41, 5.74) is 3.45. The van der Waals surface area contributed by atoms with E-state index in [0.717, 1.165) is 22.5 Å². The zero-order valence-electron chi connectivity index (χ0n) is 17.3. The van der Waals surface area contributed by atoms with E-state index < -0.39 is 31.7 Å². The fourth-order valence-corrected chi connectivity index (χ4v) is 4.40. The fraction of sp³-hybridized carbons (Fsp3) is 0.273. The van der Waals surface area contributed by atoms with Crippen LogP contribution in [0.3, 0.4) is 0 Å². The predicted molar refractivity (Wildman–Crippen MR) is 114 cm³/mol. The van der Waals surface area contributed by atoms with Crippen LogP contribution in [0.25, 0.3) is 0 Å². The molecule has 3 aromatic rings. The molecule has 0 saturated heterocycles. The molecular formula is C22H24N2O6S2. The van der Waals surface area contributed by atoms with Crippen molar-refractivity contribution in [2.75, 3.05) is 11.5 Å². The van der Waals surface area contributed by atoms with Gasteiger partial charge in [-0.25, -0.2) is 16.8 Å². The summed E-state index contributed by atoms with van der Waals surface area (Å²) in [5.74, 6) is -0.935. The van der Waals surface area contributed by atoms with Gasteiger partial charge in [0.25, 0.3) is 0 Å². The zero-order valence-corrected chi connectivity index (χ0v) is 19.0. The highest BCUT2D eigenvalue weighted by molar-refractivity contribution is 7.85. The van der Waals surface area contributed by atoms with Crippen LogP contribution in [0.15, 0.2) is 73.1 Å². The molecule has 0 bridgehead atoms. The second-order valence-corrected chi connectivity index (χ2v) is 10.5. The maximum Gasteiger partial charge on any atom is 0.182 e. The Bertz CT molecular complexity index is 1190. The summed E-state index contributed by atoms with van der Waals surface area (Å²) in [6.45, 7) is 0.950. The fourth-order valence-electron chi connectivity index (χ4n) is 3.48. The molecule has 0 atom stereocenters. The molecule has 0 N–H and O–H groups in total. The third-order valence-corrected chi connectivity index (χ3v) is 6.49. The topological polar surface area (TPSA) is 122 Å². The second-order valence-electron chi connectivity index (χ2n) is 7.43. The molecule has 2 aromatic heterocycles. The van der Waals surface area contributed by atoms with E-state index in [1.165, 1.54) is 0 Å². The zero-order chi connectivity index (χ0) is 23.2. The summed E-state index contributed by atoms with van der Waals surface area (Å²) in [6, 6.07) is 18.6. The van der Waals surface area contributed by atoms with Crippen molar-refractivity contribution in [3.63, 3.8) is 0 Å². The minimum absolute atomic E-state index is 0.121. The first kappa shape index (κ1) is 24.0. The van der Waals surface area contributed by atoms with Gasteiger partial charge < -0.3 is 9.11 Å². The molecule has 0 saturated carbocycles. The van der Waals surface area contributed by atoms with Crippen LogP contribution >= 0.6 is 0 Å². The number of pyridine rings is 2. The first-order valence-electron chi connectivity index (χ1n) is 9.99. The molecule has 0 aliphatic carbocycles. The predicted octanol–water partition coefficient (Wildman–Crippen LogP) is 0.534. The smallest absolute Gasteiger partial charge is 0.182 e.